The summed E-state index contributed by atoms with van der Waals surface area (Å²) >= 11 is 0. The van der Waals surface area contributed by atoms with Gasteiger partial charge in [0.25, 0.3) is 0 Å². The maximum atomic E-state index is 8.91. The van der Waals surface area contributed by atoms with E-state index in [-0.39, 0.29) is 6.04 Å². The number of nitrogen functional groups attached to an aromatic ring is 1. The minimum Gasteiger partial charge on any atom is -0.399 e. The van der Waals surface area contributed by atoms with Crippen molar-refractivity contribution >= 4 is 11.4 Å². The SMILES string of the molecule is CCC(Nc1cccc(C#N)c1)c1ccc(N)cc1. The van der Waals surface area contributed by atoms with E-state index in [4.69, 9.17) is 11.0 Å². The van der Waals surface area contributed by atoms with Crippen LogP contribution in [0.25, 0.3) is 0 Å². The summed E-state index contributed by atoms with van der Waals surface area (Å²) < 4.78 is 0. The van der Waals surface area contributed by atoms with Gasteiger partial charge in [0.15, 0.2) is 0 Å². The van der Waals surface area contributed by atoms with E-state index in [0.29, 0.717) is 5.56 Å². The van der Waals surface area contributed by atoms with Gasteiger partial charge >= 0.3 is 0 Å². The summed E-state index contributed by atoms with van der Waals surface area (Å²) in [5, 5.41) is 12.4. The lowest BCUT2D eigenvalue weighted by molar-refractivity contribution is 0.749. The molecule has 1 unspecified atom stereocenters. The molecule has 96 valence electrons. The van der Waals surface area contributed by atoms with Gasteiger partial charge in [0.2, 0.25) is 0 Å². The second-order valence-corrected chi connectivity index (χ2v) is 4.46. The Morgan fingerprint density at radius 3 is 2.58 bits per heavy atom. The first-order chi connectivity index (χ1) is 9.22. The van der Waals surface area contributed by atoms with Crippen molar-refractivity contribution in [3.05, 3.63) is 59.7 Å². The van der Waals surface area contributed by atoms with Crippen molar-refractivity contribution in [2.45, 2.75) is 19.4 Å². The third-order valence-corrected chi connectivity index (χ3v) is 3.08. The first kappa shape index (κ1) is 13.0. The molecule has 0 heterocycles. The van der Waals surface area contributed by atoms with Crippen molar-refractivity contribution in [2.24, 2.45) is 0 Å². The molecule has 3 nitrogen and oxygen atoms in total. The quantitative estimate of drug-likeness (QED) is 0.814. The maximum absolute atomic E-state index is 8.91. The van der Waals surface area contributed by atoms with Crippen LogP contribution in [0.15, 0.2) is 48.5 Å². The van der Waals surface area contributed by atoms with Crippen LogP contribution in [0.1, 0.15) is 30.5 Å². The number of benzene rings is 2. The van der Waals surface area contributed by atoms with Crippen LogP contribution in [0.4, 0.5) is 11.4 Å². The van der Waals surface area contributed by atoms with Crippen molar-refractivity contribution in [3.8, 4) is 6.07 Å². The lowest BCUT2D eigenvalue weighted by atomic mass is 10.0. The molecule has 2 aromatic carbocycles. The zero-order chi connectivity index (χ0) is 13.7. The lowest BCUT2D eigenvalue weighted by Gasteiger charge is -2.19. The smallest absolute Gasteiger partial charge is 0.0992 e. The molecule has 0 bridgehead atoms. The second kappa shape index (κ2) is 5.92. The summed E-state index contributed by atoms with van der Waals surface area (Å²) in [4.78, 5) is 0. The fraction of sp³-hybridized carbons (Fsp3) is 0.188. The fourth-order valence-electron chi connectivity index (χ4n) is 2.03. The van der Waals surface area contributed by atoms with Gasteiger partial charge in [-0.05, 0) is 42.3 Å². The Labute approximate surface area is 113 Å². The largest absolute Gasteiger partial charge is 0.399 e. The van der Waals surface area contributed by atoms with Crippen LogP contribution < -0.4 is 11.1 Å². The number of nitrogens with two attached hydrogens (primary N) is 1. The highest BCUT2D eigenvalue weighted by Gasteiger charge is 2.09. The molecule has 0 saturated carbocycles. The van der Waals surface area contributed by atoms with Crippen LogP contribution in [0, 0.1) is 11.3 Å². The lowest BCUT2D eigenvalue weighted by Crippen LogP contribution is -2.09. The number of nitrogens with one attached hydrogen (secondary N) is 1. The highest BCUT2D eigenvalue weighted by molar-refractivity contribution is 5.51. The molecule has 3 heteroatoms. The highest BCUT2D eigenvalue weighted by Crippen LogP contribution is 2.23. The third-order valence-electron chi connectivity index (χ3n) is 3.08. The summed E-state index contributed by atoms with van der Waals surface area (Å²) in [6, 6.07) is 17.8. The van der Waals surface area contributed by atoms with Gasteiger partial charge < -0.3 is 11.1 Å². The molecule has 19 heavy (non-hydrogen) atoms. The van der Waals surface area contributed by atoms with Gasteiger partial charge in [0.1, 0.15) is 0 Å². The monoisotopic (exact) mass is 251 g/mol. The fourth-order valence-corrected chi connectivity index (χ4v) is 2.03. The molecular formula is C16H17N3. The van der Waals surface area contributed by atoms with E-state index in [2.05, 4.69) is 18.3 Å². The molecule has 2 rings (SSSR count). The number of hydrogen-bond donors (Lipinski definition) is 2. The van der Waals surface area contributed by atoms with Gasteiger partial charge in [-0.1, -0.05) is 25.1 Å². The van der Waals surface area contributed by atoms with E-state index in [1.54, 1.807) is 6.07 Å². The number of rotatable bonds is 4. The van der Waals surface area contributed by atoms with E-state index in [9.17, 15) is 0 Å². The number of nitrogens with zero attached hydrogens (tertiary/aromatic N) is 1. The zero-order valence-electron chi connectivity index (χ0n) is 10.9. The van der Waals surface area contributed by atoms with Crippen LogP contribution in [0.2, 0.25) is 0 Å². The summed E-state index contributed by atoms with van der Waals surface area (Å²) in [6.07, 6.45) is 0.959. The van der Waals surface area contributed by atoms with Crippen LogP contribution in [-0.2, 0) is 0 Å². The van der Waals surface area contributed by atoms with Crippen LogP contribution >= 0.6 is 0 Å². The summed E-state index contributed by atoms with van der Waals surface area (Å²) in [7, 11) is 0. The average molecular weight is 251 g/mol. The van der Waals surface area contributed by atoms with Crippen molar-refractivity contribution in [2.75, 3.05) is 11.1 Å². The van der Waals surface area contributed by atoms with Gasteiger partial charge in [0.05, 0.1) is 17.7 Å². The van der Waals surface area contributed by atoms with Crippen molar-refractivity contribution in [3.63, 3.8) is 0 Å². The van der Waals surface area contributed by atoms with Crippen LogP contribution in [-0.4, -0.2) is 0 Å². The van der Waals surface area contributed by atoms with E-state index in [0.717, 1.165) is 17.8 Å². The maximum Gasteiger partial charge on any atom is 0.0992 e. The molecule has 2 aromatic rings. The molecule has 1 atom stereocenters. The Kier molecular flexibility index (Phi) is 4.04. The molecule has 0 fully saturated rings. The van der Waals surface area contributed by atoms with E-state index < -0.39 is 0 Å². The molecule has 0 aromatic heterocycles. The number of nitriles is 1. The minimum absolute atomic E-state index is 0.217. The van der Waals surface area contributed by atoms with Gasteiger partial charge in [0, 0.05) is 11.4 Å². The molecule has 3 N–H and O–H groups in total. The van der Waals surface area contributed by atoms with Crippen LogP contribution in [0.5, 0.6) is 0 Å². The topological polar surface area (TPSA) is 61.8 Å². The molecule has 0 amide bonds. The molecule has 0 spiro atoms. The van der Waals surface area contributed by atoms with E-state index in [1.807, 2.05) is 42.5 Å². The Bertz CT molecular complexity index is 582. The van der Waals surface area contributed by atoms with Crippen molar-refractivity contribution in [1.82, 2.24) is 0 Å². The Morgan fingerprint density at radius 1 is 1.21 bits per heavy atom. The molecule has 0 aliphatic rings. The summed E-state index contributed by atoms with van der Waals surface area (Å²) in [5.74, 6) is 0. The Hall–Kier alpha value is -2.47. The zero-order valence-corrected chi connectivity index (χ0v) is 10.9. The Morgan fingerprint density at radius 2 is 1.95 bits per heavy atom. The van der Waals surface area contributed by atoms with Crippen molar-refractivity contribution in [1.29, 1.82) is 5.26 Å². The standard InChI is InChI=1S/C16H17N3/c1-2-16(13-6-8-14(18)9-7-13)19-15-5-3-4-12(10-15)11-17/h3-10,16,19H,2,18H2,1H3. The number of anilines is 2. The summed E-state index contributed by atoms with van der Waals surface area (Å²) in [5.41, 5.74) is 9.29. The van der Waals surface area contributed by atoms with Gasteiger partial charge in [-0.2, -0.15) is 5.26 Å². The molecule has 0 aliphatic heterocycles. The van der Waals surface area contributed by atoms with Gasteiger partial charge in [-0.25, -0.2) is 0 Å². The highest BCUT2D eigenvalue weighted by atomic mass is 14.9. The predicted molar refractivity (Wildman–Crippen MR) is 78.7 cm³/mol. The predicted octanol–water partition coefficient (Wildman–Crippen LogP) is 3.70. The van der Waals surface area contributed by atoms with Gasteiger partial charge in [-0.15, -0.1) is 0 Å². The average Bonchev–Trinajstić information content (AvgIpc) is 2.46. The molecule has 0 aliphatic carbocycles. The molecule has 0 saturated heterocycles. The van der Waals surface area contributed by atoms with Crippen molar-refractivity contribution < 1.29 is 0 Å². The minimum atomic E-state index is 0.217. The Balaban J connectivity index is 2.19. The second-order valence-electron chi connectivity index (χ2n) is 4.46. The van der Waals surface area contributed by atoms with E-state index in [1.165, 1.54) is 5.56 Å². The van der Waals surface area contributed by atoms with E-state index >= 15 is 0 Å². The number of hydrogen-bond acceptors (Lipinski definition) is 3. The summed E-state index contributed by atoms with van der Waals surface area (Å²) in [6.45, 7) is 2.13. The first-order valence-electron chi connectivity index (χ1n) is 6.35. The van der Waals surface area contributed by atoms with Gasteiger partial charge in [-0.3, -0.25) is 0 Å². The third kappa shape index (κ3) is 3.26. The normalized spacial score (nSPS) is 11.6. The molecular weight excluding hydrogens is 234 g/mol. The molecule has 0 radical (unpaired) electrons. The first-order valence-corrected chi connectivity index (χ1v) is 6.35. The van der Waals surface area contributed by atoms with Crippen LogP contribution in [0.3, 0.4) is 0 Å².